The van der Waals surface area contributed by atoms with E-state index in [4.69, 9.17) is 23.2 Å². The number of rotatable bonds is 7. The monoisotopic (exact) mass is 690 g/mol. The molecule has 0 heterocycles. The minimum Gasteiger partial charge on any atom is -0.345 e. The van der Waals surface area contributed by atoms with Gasteiger partial charge in [0.1, 0.15) is 24.3 Å². The van der Waals surface area contributed by atoms with Crippen LogP contribution >= 0.6 is 39.1 Å². The summed E-state index contributed by atoms with van der Waals surface area (Å²) >= 11 is 14.5. The van der Waals surface area contributed by atoms with E-state index < -0.39 is 76.9 Å². The molecule has 17 heteroatoms. The molecule has 2 aromatic carbocycles. The number of hydrogen-bond acceptors (Lipinski definition) is 2. The highest BCUT2D eigenvalue weighted by molar-refractivity contribution is 9.10. The van der Waals surface area contributed by atoms with Crippen molar-refractivity contribution in [3.05, 3.63) is 73.2 Å². The van der Waals surface area contributed by atoms with Crippen LogP contribution in [-0.2, 0) is 11.0 Å². The van der Waals surface area contributed by atoms with Gasteiger partial charge in [-0.3, -0.25) is 9.59 Å². The van der Waals surface area contributed by atoms with Crippen molar-refractivity contribution in [3.8, 4) is 0 Å². The molecule has 0 saturated heterocycles. The second kappa shape index (κ2) is 12.6. The lowest BCUT2D eigenvalue weighted by Crippen LogP contribution is -2.47. The van der Waals surface area contributed by atoms with Crippen LogP contribution in [0, 0.1) is 0 Å². The Morgan fingerprint density at radius 2 is 1.60 bits per heavy atom. The van der Waals surface area contributed by atoms with Crippen molar-refractivity contribution >= 4 is 56.8 Å². The van der Waals surface area contributed by atoms with Crippen LogP contribution in [0.3, 0.4) is 0 Å². The summed E-state index contributed by atoms with van der Waals surface area (Å²) in [6, 6.07) is 1.09. The Morgan fingerprint density at radius 1 is 1.00 bits per heavy atom. The molecular weight excluding hydrogens is 677 g/mol. The molecule has 2 rings (SSSR count). The Bertz CT molecular complexity index is 1290. The fourth-order valence-corrected chi connectivity index (χ4v) is 4.11. The minimum atomic E-state index is -5.33. The van der Waals surface area contributed by atoms with Crippen LogP contribution in [0.4, 0.5) is 43.9 Å². The number of amides is 2. The largest absolute Gasteiger partial charge is 0.417 e. The van der Waals surface area contributed by atoms with Crippen LogP contribution in [0.15, 0.2) is 40.9 Å². The Balaban J connectivity index is 2.45. The Hall–Kier alpha value is -2.52. The van der Waals surface area contributed by atoms with Gasteiger partial charge in [0.15, 0.2) is 0 Å². The maximum atomic E-state index is 15.0. The second-order valence-corrected chi connectivity index (χ2v) is 9.76. The first-order valence-electron chi connectivity index (χ1n) is 10.6. The summed E-state index contributed by atoms with van der Waals surface area (Å²) in [4.78, 5) is 24.1. The molecule has 0 spiro atoms. The highest BCUT2D eigenvalue weighted by Gasteiger charge is 2.41. The molecule has 40 heavy (non-hydrogen) atoms. The number of alkyl halides is 9. The number of carbonyl (C=O) groups excluding carboxylic acids is 2. The first-order chi connectivity index (χ1) is 18.1. The van der Waals surface area contributed by atoms with Crippen molar-refractivity contribution in [2.24, 2.45) is 0 Å². The highest BCUT2D eigenvalue weighted by Crippen LogP contribution is 2.43. The Kier molecular flexibility index (Phi) is 10.6. The van der Waals surface area contributed by atoms with Gasteiger partial charge in [0.05, 0.1) is 21.2 Å². The number of allylic oxidation sites excluding steroid dienone is 1. The molecular formula is C23H15BrCl2F10N2O2. The van der Waals surface area contributed by atoms with Crippen molar-refractivity contribution in [1.29, 1.82) is 0 Å². The van der Waals surface area contributed by atoms with E-state index >= 15 is 0 Å². The number of benzene rings is 2. The van der Waals surface area contributed by atoms with Crippen LogP contribution in [0.1, 0.15) is 39.9 Å². The van der Waals surface area contributed by atoms with Crippen molar-refractivity contribution in [2.45, 2.75) is 37.4 Å². The van der Waals surface area contributed by atoms with Gasteiger partial charge in [0.2, 0.25) is 5.91 Å². The van der Waals surface area contributed by atoms with Crippen molar-refractivity contribution in [2.75, 3.05) is 6.54 Å². The topological polar surface area (TPSA) is 58.2 Å². The number of hydrogen-bond donors (Lipinski definition) is 2. The summed E-state index contributed by atoms with van der Waals surface area (Å²) in [6.07, 6.45) is -15.2. The average Bonchev–Trinajstić information content (AvgIpc) is 2.81. The van der Waals surface area contributed by atoms with Gasteiger partial charge in [0.25, 0.3) is 5.91 Å². The molecule has 2 N–H and O–H groups in total. The fourth-order valence-electron chi connectivity index (χ4n) is 3.18. The first kappa shape index (κ1) is 33.7. The normalized spacial score (nSPS) is 14.5. The summed E-state index contributed by atoms with van der Waals surface area (Å²) in [5.74, 6) is -7.34. The van der Waals surface area contributed by atoms with Crippen LogP contribution in [-0.4, -0.2) is 36.8 Å². The molecule has 0 fully saturated rings. The Morgan fingerprint density at radius 3 is 2.10 bits per heavy atom. The van der Waals surface area contributed by atoms with E-state index in [0.29, 0.717) is 12.1 Å². The van der Waals surface area contributed by atoms with Crippen LogP contribution in [0.2, 0.25) is 10.0 Å². The summed E-state index contributed by atoms with van der Waals surface area (Å²) in [6.45, 7) is -0.870. The lowest BCUT2D eigenvalue weighted by molar-refractivity contribution is -0.140. The number of nitrogens with one attached hydrogen (secondary N) is 2. The lowest BCUT2D eigenvalue weighted by Gasteiger charge is -2.20. The van der Waals surface area contributed by atoms with Gasteiger partial charge in [-0.05, 0) is 58.8 Å². The van der Waals surface area contributed by atoms with E-state index in [1.54, 1.807) is 5.32 Å². The van der Waals surface area contributed by atoms with Gasteiger partial charge in [-0.1, -0.05) is 29.3 Å². The summed E-state index contributed by atoms with van der Waals surface area (Å²) in [7, 11) is 0. The van der Waals surface area contributed by atoms with Crippen LogP contribution in [0.25, 0.3) is 5.83 Å². The van der Waals surface area contributed by atoms with E-state index in [1.807, 2.05) is 0 Å². The van der Waals surface area contributed by atoms with E-state index in [0.717, 1.165) is 19.1 Å². The molecule has 2 unspecified atom stereocenters. The van der Waals surface area contributed by atoms with E-state index in [1.165, 1.54) is 5.32 Å². The van der Waals surface area contributed by atoms with Crippen LogP contribution < -0.4 is 10.6 Å². The van der Waals surface area contributed by atoms with Crippen molar-refractivity contribution in [1.82, 2.24) is 10.6 Å². The zero-order valence-corrected chi connectivity index (χ0v) is 22.7. The van der Waals surface area contributed by atoms with Gasteiger partial charge < -0.3 is 10.6 Å². The Labute approximate surface area is 237 Å². The summed E-state index contributed by atoms with van der Waals surface area (Å²) in [5, 5.41) is 2.76. The quantitative estimate of drug-likeness (QED) is 0.227. The number of halogens is 13. The van der Waals surface area contributed by atoms with Crippen LogP contribution in [0.5, 0.6) is 0 Å². The predicted molar refractivity (Wildman–Crippen MR) is 129 cm³/mol. The van der Waals surface area contributed by atoms with Gasteiger partial charge in [-0.15, -0.1) is 0 Å². The molecule has 2 amide bonds. The average molecular weight is 692 g/mol. The first-order valence-corrected chi connectivity index (χ1v) is 12.1. The summed E-state index contributed by atoms with van der Waals surface area (Å²) < 4.78 is 134. The highest BCUT2D eigenvalue weighted by atomic mass is 79.9. The van der Waals surface area contributed by atoms with Gasteiger partial charge in [-0.2, -0.15) is 39.5 Å². The molecule has 0 aliphatic heterocycles. The smallest absolute Gasteiger partial charge is 0.345 e. The standard InChI is InChI=1S/C23H15BrCl2F10N2O2/c1-9(19(39)37-8-21(28,29)30)38-20(40)12-3-2-10(4-14(12)23(34,35)36)17(27)7-13(22(31,32)33)11-5-15(24)18(26)16(25)6-11/h2-7,9,13H,8H2,1H3,(H,37,39)(H,38,40)/b17-7-. The fraction of sp³-hybridized carbons (Fsp3) is 0.304. The van der Waals surface area contributed by atoms with Gasteiger partial charge in [-0.25, -0.2) is 4.39 Å². The number of carbonyl (C=O) groups is 2. The van der Waals surface area contributed by atoms with E-state index in [-0.39, 0.29) is 26.7 Å². The molecule has 4 nitrogen and oxygen atoms in total. The third kappa shape index (κ3) is 8.99. The molecule has 0 bridgehead atoms. The van der Waals surface area contributed by atoms with Crippen molar-refractivity contribution in [3.63, 3.8) is 0 Å². The SMILES string of the molecule is CC(NC(=O)c1ccc(/C(F)=C/C(c2cc(Cl)c(Cl)c(Br)c2)C(F)(F)F)cc1C(F)(F)F)C(=O)NCC(F)(F)F. The molecule has 220 valence electrons. The molecule has 0 saturated carbocycles. The molecule has 0 aliphatic carbocycles. The predicted octanol–water partition coefficient (Wildman–Crippen LogP) is 8.23. The molecule has 0 aromatic heterocycles. The van der Waals surface area contributed by atoms with Crippen molar-refractivity contribution < 1.29 is 53.5 Å². The van der Waals surface area contributed by atoms with E-state index in [2.05, 4.69) is 15.9 Å². The third-order valence-corrected chi connectivity index (χ3v) is 6.74. The second-order valence-electron chi connectivity index (χ2n) is 8.12. The molecule has 2 atom stereocenters. The zero-order valence-electron chi connectivity index (χ0n) is 19.6. The zero-order chi connectivity index (χ0) is 30.8. The van der Waals surface area contributed by atoms with Gasteiger partial charge in [0, 0.05) is 10.0 Å². The van der Waals surface area contributed by atoms with Gasteiger partial charge >= 0.3 is 18.5 Å². The molecule has 0 aliphatic rings. The maximum Gasteiger partial charge on any atom is 0.417 e. The van der Waals surface area contributed by atoms with E-state index in [9.17, 15) is 53.5 Å². The molecule has 2 aromatic rings. The summed E-state index contributed by atoms with van der Waals surface area (Å²) in [5.41, 5.74) is -4.52. The third-order valence-electron chi connectivity index (χ3n) is 5.08. The maximum absolute atomic E-state index is 15.0. The lowest BCUT2D eigenvalue weighted by atomic mass is 9.95. The minimum absolute atomic E-state index is 0.00823. The molecule has 0 radical (unpaired) electrons.